The van der Waals surface area contributed by atoms with E-state index >= 15 is 0 Å². The molecule has 0 aliphatic rings. The third-order valence-electron chi connectivity index (χ3n) is 4.18. The fraction of sp³-hybridized carbons (Fsp3) is 0.562. The fourth-order valence-corrected chi connectivity index (χ4v) is 3.67. The van der Waals surface area contributed by atoms with Crippen LogP contribution in [0.4, 0.5) is 0 Å². The molecule has 6 nitrogen and oxygen atoms in total. The molecule has 1 heterocycles. The SMILES string of the molecule is CCCC[C@H](CC)CNS(=O)(=O)c1ccc2c(c1)oc(=O)n2C. The minimum absolute atomic E-state index is 0.115. The van der Waals surface area contributed by atoms with Gasteiger partial charge in [-0.25, -0.2) is 17.9 Å². The lowest BCUT2D eigenvalue weighted by Gasteiger charge is -2.15. The van der Waals surface area contributed by atoms with Gasteiger partial charge in [0.15, 0.2) is 5.58 Å². The minimum Gasteiger partial charge on any atom is -0.408 e. The summed E-state index contributed by atoms with van der Waals surface area (Å²) in [6.07, 6.45) is 4.16. The van der Waals surface area contributed by atoms with Crippen LogP contribution in [0.15, 0.2) is 32.3 Å². The molecule has 0 spiro atoms. The lowest BCUT2D eigenvalue weighted by atomic mass is 10.00. The van der Waals surface area contributed by atoms with Crippen molar-refractivity contribution in [1.29, 1.82) is 0 Å². The number of oxazole rings is 1. The van der Waals surface area contributed by atoms with Crippen LogP contribution in [0.1, 0.15) is 39.5 Å². The van der Waals surface area contributed by atoms with Gasteiger partial charge in [-0.15, -0.1) is 0 Å². The predicted molar refractivity (Wildman–Crippen MR) is 89.9 cm³/mol. The molecule has 0 aliphatic heterocycles. The number of aryl methyl sites for hydroxylation is 1. The molecule has 1 atom stereocenters. The summed E-state index contributed by atoms with van der Waals surface area (Å²) in [4.78, 5) is 11.6. The Bertz CT molecular complexity index is 820. The molecule has 2 aromatic rings. The van der Waals surface area contributed by atoms with Gasteiger partial charge < -0.3 is 4.42 Å². The average molecular weight is 340 g/mol. The van der Waals surface area contributed by atoms with Crippen molar-refractivity contribution in [2.75, 3.05) is 6.54 Å². The van der Waals surface area contributed by atoms with Crippen LogP contribution in [0.3, 0.4) is 0 Å². The molecule has 128 valence electrons. The number of hydrogen-bond donors (Lipinski definition) is 1. The number of sulfonamides is 1. The van der Waals surface area contributed by atoms with E-state index in [2.05, 4.69) is 18.6 Å². The maximum absolute atomic E-state index is 12.4. The van der Waals surface area contributed by atoms with E-state index in [1.54, 1.807) is 13.1 Å². The molecule has 1 aromatic heterocycles. The maximum atomic E-state index is 12.4. The van der Waals surface area contributed by atoms with E-state index in [1.807, 2.05) is 0 Å². The first-order chi connectivity index (χ1) is 10.9. The Kier molecular flexibility index (Phi) is 5.64. The first-order valence-corrected chi connectivity index (χ1v) is 9.46. The van der Waals surface area contributed by atoms with Gasteiger partial charge in [-0.1, -0.05) is 33.1 Å². The summed E-state index contributed by atoms with van der Waals surface area (Å²) in [5.41, 5.74) is 0.849. The minimum atomic E-state index is -3.61. The summed E-state index contributed by atoms with van der Waals surface area (Å²) in [5, 5.41) is 0. The molecule has 0 aliphatic carbocycles. The fourth-order valence-electron chi connectivity index (χ4n) is 2.54. The van der Waals surface area contributed by atoms with E-state index in [0.717, 1.165) is 25.7 Å². The summed E-state index contributed by atoms with van der Waals surface area (Å²) in [5.74, 6) is -0.170. The first kappa shape index (κ1) is 17.7. The standard InChI is InChI=1S/C16H24N2O4S/c1-4-6-7-12(5-2)11-17-23(20,21)13-8-9-14-15(10-13)22-16(19)18(14)3/h8-10,12,17H,4-7,11H2,1-3H3/t12-/m0/s1. The third kappa shape index (κ3) is 4.03. The van der Waals surface area contributed by atoms with Crippen molar-refractivity contribution in [3.05, 3.63) is 28.7 Å². The number of nitrogens with zero attached hydrogens (tertiary/aromatic N) is 1. The van der Waals surface area contributed by atoms with Gasteiger partial charge in [0.2, 0.25) is 10.0 Å². The van der Waals surface area contributed by atoms with Crippen molar-refractivity contribution in [3.8, 4) is 0 Å². The number of benzene rings is 1. The van der Waals surface area contributed by atoms with Crippen LogP contribution in [-0.2, 0) is 17.1 Å². The molecule has 0 fully saturated rings. The predicted octanol–water partition coefficient (Wildman–Crippen LogP) is 2.63. The molecule has 0 radical (unpaired) electrons. The molecule has 23 heavy (non-hydrogen) atoms. The highest BCUT2D eigenvalue weighted by molar-refractivity contribution is 7.89. The zero-order valence-electron chi connectivity index (χ0n) is 13.8. The highest BCUT2D eigenvalue weighted by Gasteiger charge is 2.18. The summed E-state index contributed by atoms with van der Waals surface area (Å²) in [6.45, 7) is 4.62. The molecule has 1 aromatic carbocycles. The Balaban J connectivity index is 2.17. The second-order valence-corrected chi connectivity index (χ2v) is 7.59. The van der Waals surface area contributed by atoms with E-state index in [9.17, 15) is 13.2 Å². The topological polar surface area (TPSA) is 81.3 Å². The molecule has 7 heteroatoms. The van der Waals surface area contributed by atoms with Crippen molar-refractivity contribution < 1.29 is 12.8 Å². The Morgan fingerprint density at radius 2 is 2.04 bits per heavy atom. The number of unbranched alkanes of at least 4 members (excludes halogenated alkanes) is 1. The number of aromatic nitrogens is 1. The molecule has 0 bridgehead atoms. The van der Waals surface area contributed by atoms with Gasteiger partial charge in [-0.05, 0) is 24.5 Å². The molecule has 0 unspecified atom stereocenters. The van der Waals surface area contributed by atoms with Crippen LogP contribution in [-0.4, -0.2) is 19.5 Å². The number of nitrogens with one attached hydrogen (secondary N) is 1. The largest absolute Gasteiger partial charge is 0.419 e. The third-order valence-corrected chi connectivity index (χ3v) is 5.60. The van der Waals surface area contributed by atoms with E-state index < -0.39 is 15.8 Å². The Hall–Kier alpha value is -1.60. The highest BCUT2D eigenvalue weighted by atomic mass is 32.2. The normalized spacial score (nSPS) is 13.5. The Morgan fingerprint density at radius 3 is 2.70 bits per heavy atom. The molecular weight excluding hydrogens is 316 g/mol. The molecule has 0 saturated heterocycles. The van der Waals surface area contributed by atoms with E-state index in [0.29, 0.717) is 18.0 Å². The van der Waals surface area contributed by atoms with Crippen molar-refractivity contribution in [2.45, 2.75) is 44.4 Å². The molecule has 2 rings (SSSR count). The summed E-state index contributed by atoms with van der Waals surface area (Å²) >= 11 is 0. The van der Waals surface area contributed by atoms with E-state index in [-0.39, 0.29) is 10.5 Å². The lowest BCUT2D eigenvalue weighted by molar-refractivity contribution is 0.443. The monoisotopic (exact) mass is 340 g/mol. The van der Waals surface area contributed by atoms with Gasteiger partial charge in [-0.3, -0.25) is 4.57 Å². The van der Waals surface area contributed by atoms with Gasteiger partial charge in [0.25, 0.3) is 0 Å². The van der Waals surface area contributed by atoms with Crippen LogP contribution < -0.4 is 10.5 Å². The van der Waals surface area contributed by atoms with Crippen LogP contribution >= 0.6 is 0 Å². The van der Waals surface area contributed by atoms with Crippen LogP contribution in [0, 0.1) is 5.92 Å². The average Bonchev–Trinajstić information content (AvgIpc) is 2.82. The Labute approximate surface area is 136 Å². The lowest BCUT2D eigenvalue weighted by Crippen LogP contribution is -2.29. The highest BCUT2D eigenvalue weighted by Crippen LogP contribution is 2.19. The van der Waals surface area contributed by atoms with Gasteiger partial charge in [0, 0.05) is 19.7 Å². The van der Waals surface area contributed by atoms with Crippen LogP contribution in [0.2, 0.25) is 0 Å². The Morgan fingerprint density at radius 1 is 1.30 bits per heavy atom. The summed E-state index contributed by atoms with van der Waals surface area (Å²) in [6, 6.07) is 4.47. The maximum Gasteiger partial charge on any atom is 0.419 e. The second-order valence-electron chi connectivity index (χ2n) is 5.82. The smallest absolute Gasteiger partial charge is 0.408 e. The van der Waals surface area contributed by atoms with Crippen molar-refractivity contribution >= 4 is 21.1 Å². The van der Waals surface area contributed by atoms with Gasteiger partial charge in [-0.2, -0.15) is 0 Å². The molecular formula is C16H24N2O4S. The van der Waals surface area contributed by atoms with Crippen molar-refractivity contribution in [3.63, 3.8) is 0 Å². The number of hydrogen-bond acceptors (Lipinski definition) is 4. The molecule has 0 saturated carbocycles. The van der Waals surface area contributed by atoms with Crippen LogP contribution in [0.25, 0.3) is 11.1 Å². The zero-order valence-corrected chi connectivity index (χ0v) is 14.6. The first-order valence-electron chi connectivity index (χ1n) is 7.98. The zero-order chi connectivity index (χ0) is 17.0. The van der Waals surface area contributed by atoms with Gasteiger partial charge >= 0.3 is 5.76 Å². The summed E-state index contributed by atoms with van der Waals surface area (Å²) < 4.78 is 33.9. The van der Waals surface area contributed by atoms with E-state index in [1.165, 1.54) is 16.7 Å². The quantitative estimate of drug-likeness (QED) is 0.801. The molecule has 1 N–H and O–H groups in total. The molecule has 0 amide bonds. The van der Waals surface area contributed by atoms with Crippen molar-refractivity contribution in [2.24, 2.45) is 13.0 Å². The van der Waals surface area contributed by atoms with Crippen molar-refractivity contribution in [1.82, 2.24) is 9.29 Å². The summed E-state index contributed by atoms with van der Waals surface area (Å²) in [7, 11) is -2.02. The second kappa shape index (κ2) is 7.31. The number of rotatable bonds is 8. The van der Waals surface area contributed by atoms with Gasteiger partial charge in [0.1, 0.15) is 0 Å². The van der Waals surface area contributed by atoms with Crippen LogP contribution in [0.5, 0.6) is 0 Å². The van der Waals surface area contributed by atoms with E-state index in [4.69, 9.17) is 4.42 Å². The van der Waals surface area contributed by atoms with Gasteiger partial charge in [0.05, 0.1) is 10.4 Å². The number of fused-ring (bicyclic) bond motifs is 1.